The molecule has 1 N–H and O–H groups in total. The third-order valence-electron chi connectivity index (χ3n) is 4.56. The van der Waals surface area contributed by atoms with Crippen LogP contribution in [0.5, 0.6) is 0 Å². The van der Waals surface area contributed by atoms with Gasteiger partial charge in [0.25, 0.3) is 0 Å². The predicted octanol–water partition coefficient (Wildman–Crippen LogP) is 2.19. The van der Waals surface area contributed by atoms with Crippen molar-refractivity contribution in [1.29, 1.82) is 0 Å². The van der Waals surface area contributed by atoms with E-state index in [0.717, 1.165) is 12.1 Å². The van der Waals surface area contributed by atoms with Gasteiger partial charge in [0.1, 0.15) is 5.82 Å². The van der Waals surface area contributed by atoms with Gasteiger partial charge >= 0.3 is 0 Å². The summed E-state index contributed by atoms with van der Waals surface area (Å²) in [5.41, 5.74) is 0.164. The smallest absolute Gasteiger partial charge is 0.237 e. The van der Waals surface area contributed by atoms with Crippen LogP contribution in [0.2, 0.25) is 0 Å². The van der Waals surface area contributed by atoms with Crippen molar-refractivity contribution in [2.24, 2.45) is 13.0 Å². The minimum atomic E-state index is -2.95. The number of halogens is 2. The second-order valence-corrected chi connectivity index (χ2v) is 10.3. The molecule has 1 aromatic carbocycles. The quantitative estimate of drug-likeness (QED) is 0.706. The normalized spacial score (nSPS) is 19.5. The predicted molar refractivity (Wildman–Crippen MR) is 102 cm³/mol. The Bertz CT molecular complexity index is 994. The van der Waals surface area contributed by atoms with Crippen molar-refractivity contribution < 1.29 is 22.0 Å². The van der Waals surface area contributed by atoms with Gasteiger partial charge in [-0.05, 0) is 31.4 Å². The maximum absolute atomic E-state index is 13.3. The summed E-state index contributed by atoms with van der Waals surface area (Å²) in [4.78, 5) is 12.3. The van der Waals surface area contributed by atoms with Crippen LogP contribution >= 0.6 is 11.8 Å². The summed E-state index contributed by atoms with van der Waals surface area (Å²) in [6, 6.07) is 3.14. The first-order chi connectivity index (χ1) is 13.1. The van der Waals surface area contributed by atoms with Gasteiger partial charge < -0.3 is 9.88 Å². The van der Waals surface area contributed by atoms with Gasteiger partial charge in [-0.15, -0.1) is 10.2 Å². The molecular weight excluding hydrogens is 410 g/mol. The molecule has 1 saturated heterocycles. The van der Waals surface area contributed by atoms with E-state index in [9.17, 15) is 22.0 Å². The fourth-order valence-corrected chi connectivity index (χ4v) is 5.64. The number of aromatic nitrogens is 3. The van der Waals surface area contributed by atoms with Gasteiger partial charge in [0.15, 0.2) is 26.6 Å². The molecule has 0 aliphatic carbocycles. The van der Waals surface area contributed by atoms with Gasteiger partial charge in [0.05, 0.1) is 16.8 Å². The number of carbonyl (C=O) groups excluding carboxylic acids is 1. The van der Waals surface area contributed by atoms with Crippen molar-refractivity contribution in [3.8, 4) is 0 Å². The largest absolute Gasteiger partial charge is 0.325 e. The number of nitrogens with one attached hydrogen (secondary N) is 1. The second kappa shape index (κ2) is 8.16. The van der Waals surface area contributed by atoms with Gasteiger partial charge in [-0.3, -0.25) is 4.79 Å². The number of benzene rings is 1. The fourth-order valence-electron chi connectivity index (χ4n) is 2.95. The van der Waals surface area contributed by atoms with Gasteiger partial charge in [-0.25, -0.2) is 17.2 Å². The molecular formula is C17H20F2N4O3S2. The Morgan fingerprint density at radius 2 is 2.11 bits per heavy atom. The molecule has 0 bridgehead atoms. The molecule has 0 radical (unpaired) electrons. The maximum Gasteiger partial charge on any atom is 0.237 e. The van der Waals surface area contributed by atoms with E-state index in [1.54, 1.807) is 18.5 Å². The van der Waals surface area contributed by atoms with Crippen molar-refractivity contribution in [3.05, 3.63) is 35.7 Å². The molecule has 2 aromatic rings. The Hall–Kier alpha value is -2.01. The topological polar surface area (TPSA) is 93.9 Å². The average molecular weight is 431 g/mol. The van der Waals surface area contributed by atoms with E-state index in [-0.39, 0.29) is 29.0 Å². The second-order valence-electron chi connectivity index (χ2n) is 6.81. The molecule has 1 aliphatic rings. The number of hydrogen-bond donors (Lipinski definition) is 1. The Labute approximate surface area is 165 Å². The Kier molecular flexibility index (Phi) is 6.04. The van der Waals surface area contributed by atoms with Crippen molar-refractivity contribution in [3.63, 3.8) is 0 Å². The number of hydrogen-bond acceptors (Lipinski definition) is 6. The van der Waals surface area contributed by atoms with Crippen molar-refractivity contribution in [2.75, 3.05) is 16.8 Å². The molecule has 2 atom stereocenters. The number of anilines is 1. The molecule has 1 aromatic heterocycles. The molecule has 1 aliphatic heterocycles. The molecule has 152 valence electrons. The van der Waals surface area contributed by atoms with Crippen LogP contribution in [-0.4, -0.2) is 45.8 Å². The zero-order valence-electron chi connectivity index (χ0n) is 15.4. The summed E-state index contributed by atoms with van der Waals surface area (Å²) in [7, 11) is -1.19. The number of thioether (sulfide) groups is 1. The highest BCUT2D eigenvalue weighted by atomic mass is 32.2. The van der Waals surface area contributed by atoms with Crippen LogP contribution in [-0.2, 0) is 28.1 Å². The Morgan fingerprint density at radius 1 is 1.36 bits per heavy atom. The maximum atomic E-state index is 13.3. The highest BCUT2D eigenvalue weighted by Crippen LogP contribution is 2.26. The molecule has 0 spiro atoms. The fraction of sp³-hybridized carbons (Fsp3) is 0.471. The highest BCUT2D eigenvalue weighted by molar-refractivity contribution is 8.00. The van der Waals surface area contributed by atoms with E-state index in [1.165, 1.54) is 17.8 Å². The minimum Gasteiger partial charge on any atom is -0.325 e. The summed E-state index contributed by atoms with van der Waals surface area (Å²) < 4.78 is 51.2. The molecule has 1 fully saturated rings. The molecule has 0 saturated carbocycles. The van der Waals surface area contributed by atoms with E-state index in [2.05, 4.69) is 15.5 Å². The van der Waals surface area contributed by atoms with Crippen molar-refractivity contribution in [1.82, 2.24) is 14.8 Å². The minimum absolute atomic E-state index is 0.0276. The Morgan fingerprint density at radius 3 is 2.75 bits per heavy atom. The lowest BCUT2D eigenvalue weighted by Gasteiger charge is -2.12. The first-order valence-corrected chi connectivity index (χ1v) is 11.4. The molecule has 1 amide bonds. The highest BCUT2D eigenvalue weighted by Gasteiger charge is 2.29. The number of sulfone groups is 1. The van der Waals surface area contributed by atoms with Crippen LogP contribution in [0.3, 0.4) is 0 Å². The molecule has 11 heteroatoms. The molecule has 7 nitrogen and oxygen atoms in total. The van der Waals surface area contributed by atoms with E-state index in [0.29, 0.717) is 23.8 Å². The number of nitrogens with zero attached hydrogens (tertiary/aromatic N) is 3. The van der Waals surface area contributed by atoms with Gasteiger partial charge in [0.2, 0.25) is 5.91 Å². The lowest BCUT2D eigenvalue weighted by molar-refractivity contribution is -0.115. The lowest BCUT2D eigenvalue weighted by atomic mass is 10.1. The zero-order chi connectivity index (χ0) is 20.5. The summed E-state index contributed by atoms with van der Waals surface area (Å²) in [5.74, 6) is -1.35. The number of amides is 1. The van der Waals surface area contributed by atoms with Crippen molar-refractivity contribution in [2.45, 2.75) is 30.2 Å². The number of carbonyl (C=O) groups is 1. The van der Waals surface area contributed by atoms with Gasteiger partial charge in [-0.1, -0.05) is 11.8 Å². The Balaban J connectivity index is 1.60. The van der Waals surface area contributed by atoms with Gasteiger partial charge in [0, 0.05) is 25.2 Å². The third kappa shape index (κ3) is 4.88. The molecule has 28 heavy (non-hydrogen) atoms. The molecule has 2 unspecified atom stereocenters. The summed E-state index contributed by atoms with van der Waals surface area (Å²) in [6.07, 6.45) is 1.13. The first-order valence-electron chi connectivity index (χ1n) is 8.66. The summed E-state index contributed by atoms with van der Waals surface area (Å²) in [5, 5.41) is 10.7. The van der Waals surface area contributed by atoms with Crippen LogP contribution in [0.15, 0.2) is 23.4 Å². The van der Waals surface area contributed by atoms with Crippen LogP contribution < -0.4 is 5.32 Å². The van der Waals surface area contributed by atoms with E-state index in [1.807, 2.05) is 0 Å². The van der Waals surface area contributed by atoms with E-state index >= 15 is 0 Å². The van der Waals surface area contributed by atoms with E-state index < -0.39 is 26.7 Å². The lowest BCUT2D eigenvalue weighted by Crippen LogP contribution is -2.23. The van der Waals surface area contributed by atoms with Gasteiger partial charge in [-0.2, -0.15) is 0 Å². The third-order valence-corrected chi connectivity index (χ3v) is 7.53. The number of rotatable bonds is 6. The SMILES string of the molecule is CC(Sc1nnc(CC2CCS(=O)(=O)C2)n1C)C(=O)Nc1ccc(F)c(F)c1. The molecule has 3 rings (SSSR count). The summed E-state index contributed by atoms with van der Waals surface area (Å²) in [6.45, 7) is 1.66. The van der Waals surface area contributed by atoms with Crippen molar-refractivity contribution >= 4 is 33.2 Å². The van der Waals surface area contributed by atoms with Crippen LogP contribution in [0.1, 0.15) is 19.2 Å². The average Bonchev–Trinajstić information content (AvgIpc) is 3.14. The van der Waals surface area contributed by atoms with E-state index in [4.69, 9.17) is 0 Å². The van der Waals surface area contributed by atoms with Crippen LogP contribution in [0.4, 0.5) is 14.5 Å². The van der Waals surface area contributed by atoms with Crippen LogP contribution in [0.25, 0.3) is 0 Å². The summed E-state index contributed by atoms with van der Waals surface area (Å²) >= 11 is 1.17. The standard InChI is InChI=1S/C17H20F2N4O3S2/c1-10(16(24)20-12-3-4-13(18)14(19)8-12)27-17-22-21-15(23(17)2)7-11-5-6-28(25,26)9-11/h3-4,8,10-11H,5-7,9H2,1-2H3,(H,20,24). The van der Waals surface area contributed by atoms with Crippen LogP contribution in [0, 0.1) is 17.6 Å². The molecule has 2 heterocycles. The first kappa shape index (κ1) is 20.7. The monoisotopic (exact) mass is 430 g/mol. The zero-order valence-corrected chi connectivity index (χ0v) is 17.0.